The molecular weight excluding hydrogens is 252 g/mol. The molecule has 0 saturated carbocycles. The molecule has 0 atom stereocenters. The van der Waals surface area contributed by atoms with Crippen molar-refractivity contribution in [2.75, 3.05) is 5.75 Å². The van der Waals surface area contributed by atoms with Crippen molar-refractivity contribution in [2.45, 2.75) is 13.0 Å². The van der Waals surface area contributed by atoms with Crippen molar-refractivity contribution in [3.63, 3.8) is 0 Å². The van der Waals surface area contributed by atoms with Crippen LogP contribution in [0.5, 0.6) is 0 Å². The number of thiol groups is 1. The number of non-ortho nitro benzene ring substituents is 1. The van der Waals surface area contributed by atoms with E-state index in [-0.39, 0.29) is 5.69 Å². The van der Waals surface area contributed by atoms with E-state index in [1.54, 1.807) is 23.1 Å². The summed E-state index contributed by atoms with van der Waals surface area (Å²) in [4.78, 5) is 14.4. The maximum absolute atomic E-state index is 10.7. The normalized spacial score (nSPS) is 10.5. The fraction of sp³-hybridized carbons (Fsp3) is 0.273. The van der Waals surface area contributed by atoms with Gasteiger partial charge in [-0.05, 0) is 12.2 Å². The van der Waals surface area contributed by atoms with Gasteiger partial charge < -0.3 is 0 Å². The summed E-state index contributed by atoms with van der Waals surface area (Å²) >= 11 is 4.13. The van der Waals surface area contributed by atoms with E-state index in [1.807, 2.05) is 0 Å². The topological polar surface area (TPSA) is 73.8 Å². The van der Waals surface area contributed by atoms with Crippen LogP contribution in [0.1, 0.15) is 6.42 Å². The zero-order valence-electron chi connectivity index (χ0n) is 9.56. The molecular formula is C11H12N4O2S. The molecule has 0 aliphatic heterocycles. The third kappa shape index (κ3) is 2.86. The van der Waals surface area contributed by atoms with Crippen molar-refractivity contribution in [3.05, 3.63) is 40.7 Å². The molecule has 1 aromatic carbocycles. The monoisotopic (exact) mass is 264 g/mol. The number of aryl methyl sites for hydroxylation is 1. The molecule has 1 aromatic heterocycles. The van der Waals surface area contributed by atoms with Crippen LogP contribution in [0.4, 0.5) is 5.69 Å². The van der Waals surface area contributed by atoms with E-state index >= 15 is 0 Å². The molecule has 0 N–H and O–H groups in total. The molecule has 0 aliphatic rings. The van der Waals surface area contributed by atoms with E-state index in [2.05, 4.69) is 22.7 Å². The molecule has 7 heteroatoms. The lowest BCUT2D eigenvalue weighted by Gasteiger charge is -1.97. The average molecular weight is 264 g/mol. The first-order valence-corrected chi connectivity index (χ1v) is 6.09. The van der Waals surface area contributed by atoms with Gasteiger partial charge in [0.1, 0.15) is 6.33 Å². The van der Waals surface area contributed by atoms with Gasteiger partial charge in [-0.25, -0.2) is 4.98 Å². The number of hydrogen-bond donors (Lipinski definition) is 1. The third-order valence-corrected chi connectivity index (χ3v) is 2.71. The molecule has 94 valence electrons. The van der Waals surface area contributed by atoms with Crippen LogP contribution in [0.15, 0.2) is 30.6 Å². The minimum absolute atomic E-state index is 0.0409. The Morgan fingerprint density at radius 1 is 1.44 bits per heavy atom. The average Bonchev–Trinajstić information content (AvgIpc) is 2.85. The van der Waals surface area contributed by atoms with Crippen LogP contribution in [0.3, 0.4) is 0 Å². The summed E-state index contributed by atoms with van der Waals surface area (Å²) < 4.78 is 1.71. The van der Waals surface area contributed by atoms with Crippen LogP contribution >= 0.6 is 12.6 Å². The first-order chi connectivity index (χ1) is 8.70. The van der Waals surface area contributed by atoms with Crippen LogP contribution < -0.4 is 0 Å². The van der Waals surface area contributed by atoms with E-state index in [1.165, 1.54) is 12.1 Å². The quantitative estimate of drug-likeness (QED) is 0.510. The number of rotatable bonds is 5. The molecule has 6 nitrogen and oxygen atoms in total. The third-order valence-electron chi connectivity index (χ3n) is 2.40. The first kappa shape index (κ1) is 12.6. The molecule has 0 bridgehead atoms. The van der Waals surface area contributed by atoms with Crippen molar-refractivity contribution in [1.82, 2.24) is 14.8 Å². The van der Waals surface area contributed by atoms with E-state index in [4.69, 9.17) is 0 Å². The molecule has 0 fully saturated rings. The van der Waals surface area contributed by atoms with E-state index in [0.717, 1.165) is 18.7 Å². The Hall–Kier alpha value is -1.89. The summed E-state index contributed by atoms with van der Waals surface area (Å²) in [6, 6.07) is 6.30. The zero-order chi connectivity index (χ0) is 13.0. The summed E-state index contributed by atoms with van der Waals surface area (Å²) in [7, 11) is 0. The van der Waals surface area contributed by atoms with Crippen LogP contribution in [0.25, 0.3) is 11.4 Å². The summed E-state index contributed by atoms with van der Waals surface area (Å²) in [6.45, 7) is 0.741. The second-order valence-corrected chi connectivity index (χ2v) is 4.16. The first-order valence-electron chi connectivity index (χ1n) is 5.46. The van der Waals surface area contributed by atoms with Gasteiger partial charge in [-0.1, -0.05) is 12.1 Å². The lowest BCUT2D eigenvalue weighted by molar-refractivity contribution is -0.384. The number of nitro groups is 1. The van der Waals surface area contributed by atoms with Crippen molar-refractivity contribution in [1.29, 1.82) is 0 Å². The highest BCUT2D eigenvalue weighted by Gasteiger charge is 2.09. The predicted molar refractivity (Wildman–Crippen MR) is 70.6 cm³/mol. The number of nitrogens with zero attached hydrogens (tertiary/aromatic N) is 4. The summed E-state index contributed by atoms with van der Waals surface area (Å²) in [5.41, 5.74) is 0.688. The van der Waals surface area contributed by atoms with Crippen LogP contribution in [0, 0.1) is 10.1 Å². The van der Waals surface area contributed by atoms with Gasteiger partial charge in [-0.2, -0.15) is 17.7 Å². The maximum atomic E-state index is 10.7. The molecule has 0 unspecified atom stereocenters. The highest BCUT2D eigenvalue weighted by molar-refractivity contribution is 7.80. The summed E-state index contributed by atoms with van der Waals surface area (Å²) in [5.74, 6) is 1.28. The molecule has 18 heavy (non-hydrogen) atoms. The van der Waals surface area contributed by atoms with Gasteiger partial charge in [0.05, 0.1) is 4.92 Å². The highest BCUT2D eigenvalue weighted by atomic mass is 32.1. The number of benzene rings is 1. The van der Waals surface area contributed by atoms with Gasteiger partial charge in [-0.3, -0.25) is 14.8 Å². The zero-order valence-corrected chi connectivity index (χ0v) is 10.5. The summed E-state index contributed by atoms with van der Waals surface area (Å²) in [5, 5.41) is 14.9. The van der Waals surface area contributed by atoms with Gasteiger partial charge in [0.15, 0.2) is 5.82 Å². The minimum atomic E-state index is -0.429. The largest absolute Gasteiger partial charge is 0.270 e. The van der Waals surface area contributed by atoms with Gasteiger partial charge in [-0.15, -0.1) is 0 Å². The predicted octanol–water partition coefficient (Wildman–Crippen LogP) is 2.17. The van der Waals surface area contributed by atoms with Gasteiger partial charge in [0.25, 0.3) is 5.69 Å². The SMILES string of the molecule is O=[N+]([O-])c1cccc(-c2ncn(CCCS)n2)c1. The van der Waals surface area contributed by atoms with Crippen LogP contribution in [-0.4, -0.2) is 25.4 Å². The van der Waals surface area contributed by atoms with E-state index in [0.29, 0.717) is 11.4 Å². The fourth-order valence-corrected chi connectivity index (χ4v) is 1.67. The Balaban J connectivity index is 2.23. The smallest absolute Gasteiger partial charge is 0.258 e. The lowest BCUT2D eigenvalue weighted by Crippen LogP contribution is -1.99. The molecule has 0 radical (unpaired) electrons. The molecule has 0 amide bonds. The van der Waals surface area contributed by atoms with Gasteiger partial charge >= 0.3 is 0 Å². The number of aromatic nitrogens is 3. The molecule has 0 aliphatic carbocycles. The maximum Gasteiger partial charge on any atom is 0.270 e. The number of hydrogen-bond acceptors (Lipinski definition) is 5. The van der Waals surface area contributed by atoms with Crippen molar-refractivity contribution in [2.24, 2.45) is 0 Å². The van der Waals surface area contributed by atoms with Crippen molar-refractivity contribution < 1.29 is 4.92 Å². The molecule has 0 saturated heterocycles. The minimum Gasteiger partial charge on any atom is -0.258 e. The lowest BCUT2D eigenvalue weighted by atomic mass is 10.2. The molecule has 2 rings (SSSR count). The second kappa shape index (κ2) is 5.63. The Morgan fingerprint density at radius 3 is 3.00 bits per heavy atom. The highest BCUT2D eigenvalue weighted by Crippen LogP contribution is 2.20. The Morgan fingerprint density at radius 2 is 2.28 bits per heavy atom. The Bertz CT molecular complexity index is 555. The molecule has 1 heterocycles. The summed E-state index contributed by atoms with van der Waals surface area (Å²) in [6.07, 6.45) is 2.53. The number of nitro benzene ring substituents is 1. The Labute approximate surface area is 109 Å². The van der Waals surface area contributed by atoms with Crippen LogP contribution in [-0.2, 0) is 6.54 Å². The standard InChI is InChI=1S/C11H12N4O2S/c16-15(17)10-4-1-3-9(7-10)11-12-8-14(13-11)5-2-6-18/h1,3-4,7-8,18H,2,5-6H2. The van der Waals surface area contributed by atoms with E-state index < -0.39 is 4.92 Å². The van der Waals surface area contributed by atoms with Crippen molar-refractivity contribution >= 4 is 18.3 Å². The van der Waals surface area contributed by atoms with E-state index in [9.17, 15) is 10.1 Å². The molecule has 0 spiro atoms. The molecule has 2 aromatic rings. The van der Waals surface area contributed by atoms with Crippen molar-refractivity contribution in [3.8, 4) is 11.4 Å². The van der Waals surface area contributed by atoms with Gasteiger partial charge in [0.2, 0.25) is 0 Å². The van der Waals surface area contributed by atoms with Crippen LogP contribution in [0.2, 0.25) is 0 Å². The van der Waals surface area contributed by atoms with Gasteiger partial charge in [0, 0.05) is 24.2 Å². The second-order valence-electron chi connectivity index (χ2n) is 3.72. The fourth-order valence-electron chi connectivity index (χ4n) is 1.53. The Kier molecular flexibility index (Phi) is 3.93.